The molecule has 2 rings (SSSR count). The number of thiocarbonyl (C=S) groups is 1. The number of aryl methyl sites for hydroxylation is 1. The average Bonchev–Trinajstić information content (AvgIpc) is 2.49. The summed E-state index contributed by atoms with van der Waals surface area (Å²) in [6, 6.07) is 14.0. The first-order valence-electron chi connectivity index (χ1n) is 7.05. The van der Waals surface area contributed by atoms with Crippen molar-refractivity contribution in [1.29, 1.82) is 0 Å². The van der Waals surface area contributed by atoms with Gasteiger partial charge in [-0.1, -0.05) is 17.7 Å². The van der Waals surface area contributed by atoms with Gasteiger partial charge in [-0.05, 0) is 62.5 Å². The molecule has 22 heavy (non-hydrogen) atoms. The molecule has 0 saturated heterocycles. The van der Waals surface area contributed by atoms with Crippen LogP contribution in [-0.2, 0) is 0 Å². The molecule has 116 valence electrons. The van der Waals surface area contributed by atoms with Crippen LogP contribution in [0.5, 0.6) is 5.75 Å². The van der Waals surface area contributed by atoms with Crippen LogP contribution in [-0.4, -0.2) is 17.8 Å². The van der Waals surface area contributed by atoms with Crippen molar-refractivity contribution in [3.05, 3.63) is 59.9 Å². The molecule has 1 atom stereocenters. The Labute approximate surface area is 135 Å². The summed E-state index contributed by atoms with van der Waals surface area (Å²) in [6.07, 6.45) is 0. The van der Waals surface area contributed by atoms with Crippen LogP contribution in [0.1, 0.15) is 12.5 Å². The van der Waals surface area contributed by atoms with Gasteiger partial charge >= 0.3 is 0 Å². The van der Waals surface area contributed by atoms with E-state index in [1.807, 2.05) is 38.1 Å². The average molecular weight is 318 g/mol. The first kappa shape index (κ1) is 16.2. The Hall–Kier alpha value is -2.14. The number of halogens is 1. The number of anilines is 1. The molecule has 0 unspecified atom stereocenters. The van der Waals surface area contributed by atoms with Crippen LogP contribution in [0.25, 0.3) is 0 Å². The number of benzene rings is 2. The fraction of sp³-hybridized carbons (Fsp3) is 0.235. The Morgan fingerprint density at radius 1 is 1.14 bits per heavy atom. The fourth-order valence-electron chi connectivity index (χ4n) is 1.82. The standard InChI is InChI=1S/C17H19FN2OS/c1-12-3-9-16(10-4-12)21-11-13(2)19-17(22)20-15-7-5-14(18)6-8-15/h3-10,13H,11H2,1-2H3,(H2,19,20,22)/t13-/m1/s1. The molecular weight excluding hydrogens is 299 g/mol. The summed E-state index contributed by atoms with van der Waals surface area (Å²) in [5, 5.41) is 6.61. The summed E-state index contributed by atoms with van der Waals surface area (Å²) in [7, 11) is 0. The highest BCUT2D eigenvalue weighted by Gasteiger charge is 2.06. The SMILES string of the molecule is Cc1ccc(OC[C@@H](C)NC(=S)Nc2ccc(F)cc2)cc1. The third kappa shape index (κ3) is 5.33. The summed E-state index contributed by atoms with van der Waals surface area (Å²) < 4.78 is 18.5. The maximum Gasteiger partial charge on any atom is 0.171 e. The van der Waals surface area contributed by atoms with E-state index in [-0.39, 0.29) is 11.9 Å². The zero-order valence-corrected chi connectivity index (χ0v) is 13.4. The van der Waals surface area contributed by atoms with Crippen molar-refractivity contribution in [1.82, 2.24) is 5.32 Å². The lowest BCUT2D eigenvalue weighted by molar-refractivity contribution is 0.287. The van der Waals surface area contributed by atoms with Crippen LogP contribution in [0.15, 0.2) is 48.5 Å². The lowest BCUT2D eigenvalue weighted by atomic mass is 10.2. The van der Waals surface area contributed by atoms with Crippen LogP contribution in [0.4, 0.5) is 10.1 Å². The second-order valence-corrected chi connectivity index (χ2v) is 5.54. The van der Waals surface area contributed by atoms with E-state index in [2.05, 4.69) is 10.6 Å². The summed E-state index contributed by atoms with van der Waals surface area (Å²) in [4.78, 5) is 0. The van der Waals surface area contributed by atoms with Gasteiger partial charge in [0.2, 0.25) is 0 Å². The minimum Gasteiger partial charge on any atom is -0.491 e. The molecule has 0 aliphatic carbocycles. The predicted molar refractivity (Wildman–Crippen MR) is 91.9 cm³/mol. The van der Waals surface area contributed by atoms with E-state index in [9.17, 15) is 4.39 Å². The van der Waals surface area contributed by atoms with Gasteiger partial charge in [0, 0.05) is 5.69 Å². The molecule has 0 amide bonds. The van der Waals surface area contributed by atoms with Gasteiger partial charge in [0.15, 0.2) is 5.11 Å². The molecule has 0 aromatic heterocycles. The molecule has 0 aliphatic rings. The van der Waals surface area contributed by atoms with E-state index in [0.717, 1.165) is 11.4 Å². The molecule has 0 saturated carbocycles. The molecular formula is C17H19FN2OS. The second-order valence-electron chi connectivity index (χ2n) is 5.13. The van der Waals surface area contributed by atoms with E-state index in [0.29, 0.717) is 11.7 Å². The highest BCUT2D eigenvalue weighted by Crippen LogP contribution is 2.12. The van der Waals surface area contributed by atoms with Crippen LogP contribution in [0.3, 0.4) is 0 Å². The Bertz CT molecular complexity index is 614. The number of rotatable bonds is 5. The van der Waals surface area contributed by atoms with Crippen molar-refractivity contribution in [3.63, 3.8) is 0 Å². The normalized spacial score (nSPS) is 11.6. The second kappa shape index (κ2) is 7.75. The van der Waals surface area contributed by atoms with Crippen LogP contribution < -0.4 is 15.4 Å². The van der Waals surface area contributed by atoms with Gasteiger partial charge in [-0.2, -0.15) is 0 Å². The van der Waals surface area contributed by atoms with Gasteiger partial charge in [0.1, 0.15) is 18.2 Å². The minimum absolute atomic E-state index is 0.0433. The van der Waals surface area contributed by atoms with Crippen LogP contribution in [0, 0.1) is 12.7 Å². The van der Waals surface area contributed by atoms with Crippen molar-refractivity contribution < 1.29 is 9.13 Å². The summed E-state index contributed by atoms with van der Waals surface area (Å²) in [5.74, 6) is 0.556. The highest BCUT2D eigenvalue weighted by molar-refractivity contribution is 7.80. The molecule has 2 N–H and O–H groups in total. The van der Waals surface area contributed by atoms with Crippen molar-refractivity contribution >= 4 is 23.0 Å². The van der Waals surface area contributed by atoms with E-state index in [1.54, 1.807) is 12.1 Å². The maximum absolute atomic E-state index is 12.8. The molecule has 0 spiro atoms. The van der Waals surface area contributed by atoms with E-state index in [1.165, 1.54) is 17.7 Å². The fourth-order valence-corrected chi connectivity index (χ4v) is 2.14. The van der Waals surface area contributed by atoms with E-state index < -0.39 is 0 Å². The van der Waals surface area contributed by atoms with Crippen molar-refractivity contribution in [2.75, 3.05) is 11.9 Å². The topological polar surface area (TPSA) is 33.3 Å². The predicted octanol–water partition coefficient (Wildman–Crippen LogP) is 3.89. The molecule has 3 nitrogen and oxygen atoms in total. The molecule has 0 fully saturated rings. The molecule has 2 aromatic rings. The minimum atomic E-state index is -0.274. The van der Waals surface area contributed by atoms with Gasteiger partial charge in [-0.3, -0.25) is 0 Å². The third-order valence-electron chi connectivity index (χ3n) is 3.00. The zero-order valence-electron chi connectivity index (χ0n) is 12.6. The van der Waals surface area contributed by atoms with Crippen LogP contribution in [0.2, 0.25) is 0 Å². The van der Waals surface area contributed by atoms with Gasteiger partial charge in [-0.15, -0.1) is 0 Å². The number of ether oxygens (including phenoxy) is 1. The monoisotopic (exact) mass is 318 g/mol. The Balaban J connectivity index is 1.76. The van der Waals surface area contributed by atoms with E-state index in [4.69, 9.17) is 17.0 Å². The van der Waals surface area contributed by atoms with Gasteiger partial charge in [0.25, 0.3) is 0 Å². The smallest absolute Gasteiger partial charge is 0.171 e. The Kier molecular flexibility index (Phi) is 5.72. The molecule has 0 radical (unpaired) electrons. The van der Waals surface area contributed by atoms with Crippen LogP contribution >= 0.6 is 12.2 Å². The number of hydrogen-bond donors (Lipinski definition) is 2. The van der Waals surface area contributed by atoms with Gasteiger partial charge < -0.3 is 15.4 Å². The van der Waals surface area contributed by atoms with Gasteiger partial charge in [0.05, 0.1) is 6.04 Å². The zero-order chi connectivity index (χ0) is 15.9. The molecule has 0 aliphatic heterocycles. The highest BCUT2D eigenvalue weighted by atomic mass is 32.1. The summed E-state index contributed by atoms with van der Waals surface area (Å²) >= 11 is 5.22. The van der Waals surface area contributed by atoms with Crippen molar-refractivity contribution in [3.8, 4) is 5.75 Å². The quantitative estimate of drug-likeness (QED) is 0.820. The molecule has 5 heteroatoms. The molecule has 0 bridgehead atoms. The Morgan fingerprint density at radius 3 is 2.41 bits per heavy atom. The number of nitrogens with one attached hydrogen (secondary N) is 2. The molecule has 0 heterocycles. The summed E-state index contributed by atoms with van der Waals surface area (Å²) in [5.41, 5.74) is 1.94. The maximum atomic E-state index is 12.8. The summed E-state index contributed by atoms with van der Waals surface area (Å²) in [6.45, 7) is 4.51. The largest absolute Gasteiger partial charge is 0.491 e. The van der Waals surface area contributed by atoms with Crippen molar-refractivity contribution in [2.45, 2.75) is 19.9 Å². The van der Waals surface area contributed by atoms with Crippen molar-refractivity contribution in [2.24, 2.45) is 0 Å². The lowest BCUT2D eigenvalue weighted by Crippen LogP contribution is -2.39. The lowest BCUT2D eigenvalue weighted by Gasteiger charge is -2.17. The first-order valence-corrected chi connectivity index (χ1v) is 7.46. The first-order chi connectivity index (χ1) is 10.5. The number of hydrogen-bond acceptors (Lipinski definition) is 2. The molecule has 2 aromatic carbocycles. The third-order valence-corrected chi connectivity index (χ3v) is 3.22. The Morgan fingerprint density at radius 2 is 1.77 bits per heavy atom. The van der Waals surface area contributed by atoms with E-state index >= 15 is 0 Å². The van der Waals surface area contributed by atoms with Gasteiger partial charge in [-0.25, -0.2) is 4.39 Å².